The molecule has 8 heteroatoms. The Labute approximate surface area is 136 Å². The van der Waals surface area contributed by atoms with E-state index < -0.39 is 5.82 Å². The number of halogens is 3. The zero-order valence-electron chi connectivity index (χ0n) is 11.5. The first-order chi connectivity index (χ1) is 10.6. The molecular weight excluding hydrogens is 330 g/mol. The van der Waals surface area contributed by atoms with Gasteiger partial charge in [-0.15, -0.1) is 0 Å². The van der Waals surface area contributed by atoms with Gasteiger partial charge in [0.15, 0.2) is 11.6 Å². The molecule has 3 rings (SSSR count). The van der Waals surface area contributed by atoms with Crippen LogP contribution >= 0.6 is 23.2 Å². The Morgan fingerprint density at radius 2 is 1.77 bits per heavy atom. The van der Waals surface area contributed by atoms with Crippen molar-refractivity contribution in [3.05, 3.63) is 34.3 Å². The molecule has 0 bridgehead atoms. The van der Waals surface area contributed by atoms with Crippen molar-refractivity contribution in [2.24, 2.45) is 0 Å². The van der Waals surface area contributed by atoms with Crippen molar-refractivity contribution in [3.63, 3.8) is 0 Å². The number of benzene rings is 1. The van der Waals surface area contributed by atoms with E-state index in [2.05, 4.69) is 9.97 Å². The molecule has 0 amide bonds. The highest BCUT2D eigenvalue weighted by Crippen LogP contribution is 2.39. The lowest BCUT2D eigenvalue weighted by Gasteiger charge is -2.18. The molecule has 2 heterocycles. The topological polar surface area (TPSA) is 64.3 Å². The highest BCUT2D eigenvalue weighted by molar-refractivity contribution is 6.37. The fourth-order valence-corrected chi connectivity index (χ4v) is 2.92. The van der Waals surface area contributed by atoms with Crippen molar-refractivity contribution in [1.29, 1.82) is 0 Å². The zero-order chi connectivity index (χ0) is 15.7. The van der Waals surface area contributed by atoms with Gasteiger partial charge in [0, 0.05) is 18.8 Å². The van der Waals surface area contributed by atoms with Crippen molar-refractivity contribution in [2.75, 3.05) is 23.7 Å². The van der Waals surface area contributed by atoms with Crippen LogP contribution in [-0.2, 0) is 0 Å². The molecule has 22 heavy (non-hydrogen) atoms. The third-order valence-corrected chi connectivity index (χ3v) is 3.93. The summed E-state index contributed by atoms with van der Waals surface area (Å²) in [5.74, 6) is -0.508. The molecule has 1 aliphatic rings. The van der Waals surface area contributed by atoms with Gasteiger partial charge in [-0.25, -0.2) is 4.98 Å². The van der Waals surface area contributed by atoms with E-state index in [1.54, 1.807) is 0 Å². The zero-order valence-corrected chi connectivity index (χ0v) is 13.0. The van der Waals surface area contributed by atoms with Gasteiger partial charge in [-0.05, 0) is 25.0 Å². The number of rotatable bonds is 3. The number of nitrogens with zero attached hydrogens (tertiary/aromatic N) is 3. The largest absolute Gasteiger partial charge is 0.433 e. The Morgan fingerprint density at radius 1 is 1.14 bits per heavy atom. The molecule has 2 aromatic rings. The summed E-state index contributed by atoms with van der Waals surface area (Å²) in [5.41, 5.74) is 6.02. The minimum Gasteiger partial charge on any atom is -0.433 e. The maximum atomic E-state index is 14.6. The normalized spacial score (nSPS) is 14.4. The van der Waals surface area contributed by atoms with Crippen molar-refractivity contribution < 1.29 is 9.13 Å². The number of hydrogen-bond acceptors (Lipinski definition) is 5. The molecular formula is C14H13Cl2FN4O. The van der Waals surface area contributed by atoms with Crippen LogP contribution in [0.4, 0.5) is 15.9 Å². The maximum Gasteiger partial charge on any atom is 0.261 e. The van der Waals surface area contributed by atoms with Crippen LogP contribution in [0.5, 0.6) is 11.6 Å². The highest BCUT2D eigenvalue weighted by atomic mass is 35.5. The quantitative estimate of drug-likeness (QED) is 0.857. The molecule has 1 aromatic carbocycles. The standard InChI is InChI=1S/C14H13Cl2FN4O/c15-9-5-8(18)6-10(16)12(9)22-14-11(17)13(19-7-20-14)21-3-1-2-4-21/h5-7H,1-4,18H2. The van der Waals surface area contributed by atoms with Gasteiger partial charge in [0.1, 0.15) is 6.33 Å². The second kappa shape index (κ2) is 6.14. The summed E-state index contributed by atoms with van der Waals surface area (Å²) in [6, 6.07) is 2.95. The number of nitrogens with two attached hydrogens (primary N) is 1. The molecule has 0 atom stereocenters. The molecule has 0 radical (unpaired) electrons. The van der Waals surface area contributed by atoms with Crippen molar-refractivity contribution in [2.45, 2.75) is 12.8 Å². The lowest BCUT2D eigenvalue weighted by Crippen LogP contribution is -2.20. The smallest absolute Gasteiger partial charge is 0.261 e. The van der Waals surface area contributed by atoms with Gasteiger partial charge in [-0.1, -0.05) is 23.2 Å². The third-order valence-electron chi connectivity index (χ3n) is 3.36. The lowest BCUT2D eigenvalue weighted by molar-refractivity contribution is 0.420. The number of hydrogen-bond donors (Lipinski definition) is 1. The number of ether oxygens (including phenoxy) is 1. The van der Waals surface area contributed by atoms with Crippen LogP contribution in [0.2, 0.25) is 10.0 Å². The molecule has 1 aliphatic heterocycles. The van der Waals surface area contributed by atoms with Crippen molar-refractivity contribution in [3.8, 4) is 11.6 Å². The van der Waals surface area contributed by atoms with Crippen LogP contribution in [0.25, 0.3) is 0 Å². The summed E-state index contributed by atoms with van der Waals surface area (Å²) in [6.07, 6.45) is 3.27. The van der Waals surface area contributed by atoms with Gasteiger partial charge >= 0.3 is 0 Å². The van der Waals surface area contributed by atoms with Gasteiger partial charge in [0.2, 0.25) is 5.82 Å². The summed E-state index contributed by atoms with van der Waals surface area (Å²) < 4.78 is 20.0. The molecule has 0 aliphatic carbocycles. The van der Waals surface area contributed by atoms with Crippen LogP contribution in [0.15, 0.2) is 18.5 Å². The van der Waals surface area contributed by atoms with Gasteiger partial charge < -0.3 is 15.4 Å². The summed E-state index contributed by atoms with van der Waals surface area (Å²) in [4.78, 5) is 9.68. The monoisotopic (exact) mass is 342 g/mol. The highest BCUT2D eigenvalue weighted by Gasteiger charge is 2.22. The van der Waals surface area contributed by atoms with Gasteiger partial charge in [0.25, 0.3) is 5.88 Å². The third kappa shape index (κ3) is 2.89. The number of nitrogen functional groups attached to an aromatic ring is 1. The van der Waals surface area contributed by atoms with E-state index in [9.17, 15) is 4.39 Å². The molecule has 0 spiro atoms. The van der Waals surface area contributed by atoms with E-state index in [0.717, 1.165) is 25.9 Å². The molecule has 0 unspecified atom stereocenters. The van der Waals surface area contributed by atoms with Crippen LogP contribution in [0.1, 0.15) is 12.8 Å². The van der Waals surface area contributed by atoms with Gasteiger partial charge in [-0.3, -0.25) is 0 Å². The lowest BCUT2D eigenvalue weighted by atomic mass is 10.3. The first-order valence-electron chi connectivity index (χ1n) is 6.74. The summed E-state index contributed by atoms with van der Waals surface area (Å²) in [6.45, 7) is 1.52. The number of anilines is 2. The van der Waals surface area contributed by atoms with Crippen molar-refractivity contribution >= 4 is 34.7 Å². The second-order valence-corrected chi connectivity index (χ2v) is 5.74. The second-order valence-electron chi connectivity index (χ2n) is 4.93. The summed E-state index contributed by atoms with van der Waals surface area (Å²) in [5, 5.41) is 0.372. The Balaban J connectivity index is 1.95. The molecule has 2 N–H and O–H groups in total. The molecule has 5 nitrogen and oxygen atoms in total. The Kier molecular flexibility index (Phi) is 4.22. The fourth-order valence-electron chi connectivity index (χ4n) is 2.34. The molecule has 116 valence electrons. The van der Waals surface area contributed by atoms with E-state index in [-0.39, 0.29) is 27.5 Å². The fraction of sp³-hybridized carbons (Fsp3) is 0.286. The molecule has 1 fully saturated rings. The molecule has 0 saturated carbocycles. The van der Waals surface area contributed by atoms with E-state index in [1.807, 2.05) is 4.90 Å². The first-order valence-corrected chi connectivity index (χ1v) is 7.49. The Morgan fingerprint density at radius 3 is 2.41 bits per heavy atom. The molecule has 1 saturated heterocycles. The predicted molar refractivity (Wildman–Crippen MR) is 84.4 cm³/mol. The average Bonchev–Trinajstić information content (AvgIpc) is 2.98. The summed E-state index contributed by atoms with van der Waals surface area (Å²) in [7, 11) is 0. The Bertz CT molecular complexity index is 684. The SMILES string of the molecule is Nc1cc(Cl)c(Oc2ncnc(N3CCCC3)c2F)c(Cl)c1. The summed E-state index contributed by atoms with van der Waals surface area (Å²) >= 11 is 12.1. The van der Waals surface area contributed by atoms with E-state index in [0.29, 0.717) is 5.69 Å². The van der Waals surface area contributed by atoms with Crippen LogP contribution < -0.4 is 15.4 Å². The molecule has 1 aromatic heterocycles. The first kappa shape index (κ1) is 15.1. The van der Waals surface area contributed by atoms with Crippen LogP contribution in [0.3, 0.4) is 0 Å². The van der Waals surface area contributed by atoms with Gasteiger partial charge in [-0.2, -0.15) is 9.37 Å². The van der Waals surface area contributed by atoms with Crippen molar-refractivity contribution in [1.82, 2.24) is 9.97 Å². The van der Waals surface area contributed by atoms with E-state index in [1.165, 1.54) is 18.5 Å². The number of aromatic nitrogens is 2. The predicted octanol–water partition coefficient (Wildman–Crippen LogP) is 3.90. The minimum atomic E-state index is -0.631. The van der Waals surface area contributed by atoms with Crippen LogP contribution in [0, 0.1) is 5.82 Å². The Hall–Kier alpha value is -1.79. The van der Waals surface area contributed by atoms with Crippen LogP contribution in [-0.4, -0.2) is 23.1 Å². The van der Waals surface area contributed by atoms with E-state index >= 15 is 0 Å². The average molecular weight is 343 g/mol. The van der Waals surface area contributed by atoms with Gasteiger partial charge in [0.05, 0.1) is 10.0 Å². The minimum absolute atomic E-state index is 0.113. The van der Waals surface area contributed by atoms with E-state index in [4.69, 9.17) is 33.7 Å². The maximum absolute atomic E-state index is 14.6.